The minimum absolute atomic E-state index is 0.0971. The first-order valence-electron chi connectivity index (χ1n) is 10.3. The van der Waals surface area contributed by atoms with Crippen LogP contribution in [0.15, 0.2) is 72.8 Å². The molecule has 1 heterocycles. The molecule has 4 heteroatoms. The van der Waals surface area contributed by atoms with Crippen LogP contribution in [0.25, 0.3) is 0 Å². The Labute approximate surface area is 178 Å². The summed E-state index contributed by atoms with van der Waals surface area (Å²) in [5.74, 6) is 1.68. The van der Waals surface area contributed by atoms with Crippen molar-refractivity contribution >= 4 is 5.91 Å². The maximum absolute atomic E-state index is 13.0. The zero-order valence-electron chi connectivity index (χ0n) is 17.5. The quantitative estimate of drug-likeness (QED) is 0.596. The van der Waals surface area contributed by atoms with Crippen molar-refractivity contribution in [2.75, 3.05) is 7.11 Å². The highest BCUT2D eigenvalue weighted by Crippen LogP contribution is 2.38. The van der Waals surface area contributed by atoms with Gasteiger partial charge in [0.25, 0.3) is 0 Å². The first-order valence-corrected chi connectivity index (χ1v) is 10.3. The molecule has 3 aromatic rings. The Morgan fingerprint density at radius 1 is 0.967 bits per heavy atom. The monoisotopic (exact) mass is 401 g/mol. The maximum Gasteiger partial charge on any atom is 0.227 e. The smallest absolute Gasteiger partial charge is 0.227 e. The predicted molar refractivity (Wildman–Crippen MR) is 118 cm³/mol. The summed E-state index contributed by atoms with van der Waals surface area (Å²) in [4.78, 5) is 15.0. The van der Waals surface area contributed by atoms with Crippen LogP contribution in [0.5, 0.6) is 11.5 Å². The number of carbonyl (C=O) groups excluding carboxylic acids is 1. The van der Waals surface area contributed by atoms with Crippen LogP contribution in [0.4, 0.5) is 0 Å². The van der Waals surface area contributed by atoms with Crippen LogP contribution in [0.1, 0.15) is 29.2 Å². The molecular formula is C26H27NO3. The second-order valence-corrected chi connectivity index (χ2v) is 7.75. The van der Waals surface area contributed by atoms with Crippen molar-refractivity contribution in [3.63, 3.8) is 0 Å². The Morgan fingerprint density at radius 3 is 2.30 bits per heavy atom. The van der Waals surface area contributed by atoms with E-state index in [1.807, 2.05) is 59.5 Å². The lowest BCUT2D eigenvalue weighted by atomic mass is 9.92. The third kappa shape index (κ3) is 4.33. The lowest BCUT2D eigenvalue weighted by Crippen LogP contribution is -2.43. The van der Waals surface area contributed by atoms with Gasteiger partial charge in [0.15, 0.2) is 11.5 Å². The highest BCUT2D eigenvalue weighted by Gasteiger charge is 2.30. The minimum Gasteiger partial charge on any atom is -0.493 e. The lowest BCUT2D eigenvalue weighted by molar-refractivity contribution is -0.133. The number of fused-ring (bicyclic) bond motifs is 1. The van der Waals surface area contributed by atoms with Gasteiger partial charge in [0.1, 0.15) is 6.61 Å². The van der Waals surface area contributed by atoms with E-state index in [1.165, 1.54) is 0 Å². The van der Waals surface area contributed by atoms with Crippen LogP contribution >= 0.6 is 0 Å². The third-order valence-corrected chi connectivity index (χ3v) is 5.66. The lowest BCUT2D eigenvalue weighted by Gasteiger charge is -2.36. The number of nitrogens with zero attached hydrogens (tertiary/aromatic N) is 1. The molecule has 0 bridgehead atoms. The number of carbonyl (C=O) groups is 1. The van der Waals surface area contributed by atoms with E-state index in [0.717, 1.165) is 40.2 Å². The minimum atomic E-state index is 0.0971. The number of methoxy groups -OCH3 is 1. The molecule has 0 aliphatic carbocycles. The fraction of sp³-hybridized carbons (Fsp3) is 0.269. The van der Waals surface area contributed by atoms with Gasteiger partial charge < -0.3 is 14.4 Å². The summed E-state index contributed by atoms with van der Waals surface area (Å²) in [6, 6.07) is 24.1. The molecule has 1 aliphatic heterocycles. The zero-order chi connectivity index (χ0) is 20.9. The normalized spacial score (nSPS) is 15.4. The van der Waals surface area contributed by atoms with Gasteiger partial charge in [-0.05, 0) is 36.1 Å². The second kappa shape index (κ2) is 9.04. The molecule has 1 amide bonds. The molecule has 0 spiro atoms. The Hall–Kier alpha value is -3.27. The van der Waals surface area contributed by atoms with Gasteiger partial charge in [0.2, 0.25) is 5.91 Å². The molecule has 30 heavy (non-hydrogen) atoms. The van der Waals surface area contributed by atoms with Gasteiger partial charge in [-0.2, -0.15) is 0 Å². The van der Waals surface area contributed by atoms with Crippen LogP contribution in [0.2, 0.25) is 0 Å². The zero-order valence-corrected chi connectivity index (χ0v) is 17.5. The number of rotatable bonds is 6. The van der Waals surface area contributed by atoms with Gasteiger partial charge in [-0.25, -0.2) is 0 Å². The third-order valence-electron chi connectivity index (χ3n) is 5.66. The average molecular weight is 402 g/mol. The van der Waals surface area contributed by atoms with Crippen molar-refractivity contribution < 1.29 is 14.3 Å². The Balaban J connectivity index is 1.55. The van der Waals surface area contributed by atoms with Crippen molar-refractivity contribution in [1.82, 2.24) is 4.90 Å². The van der Waals surface area contributed by atoms with Gasteiger partial charge >= 0.3 is 0 Å². The first kappa shape index (κ1) is 20.0. The van der Waals surface area contributed by atoms with Crippen LogP contribution in [0, 0.1) is 0 Å². The topological polar surface area (TPSA) is 38.8 Å². The van der Waals surface area contributed by atoms with E-state index < -0.39 is 0 Å². The van der Waals surface area contributed by atoms with E-state index in [9.17, 15) is 4.79 Å². The van der Waals surface area contributed by atoms with Crippen molar-refractivity contribution in [1.29, 1.82) is 0 Å². The molecule has 154 valence electrons. The van der Waals surface area contributed by atoms with E-state index in [1.54, 1.807) is 7.11 Å². The molecule has 0 aromatic heterocycles. The van der Waals surface area contributed by atoms with Crippen LogP contribution in [0.3, 0.4) is 0 Å². The van der Waals surface area contributed by atoms with Gasteiger partial charge in [-0.15, -0.1) is 0 Å². The standard InChI is InChI=1S/C26H27NO3/c1-19-15-23-22(17-27(19)25(28)16-20-9-5-3-6-10-20)13-14-24(29-2)26(23)30-18-21-11-7-4-8-12-21/h3-14,19H,15-18H2,1-2H3. The van der Waals surface area contributed by atoms with Crippen molar-refractivity contribution in [3.8, 4) is 11.5 Å². The molecule has 4 nitrogen and oxygen atoms in total. The molecule has 0 fully saturated rings. The largest absolute Gasteiger partial charge is 0.493 e. The first-order chi connectivity index (χ1) is 14.7. The van der Waals surface area contributed by atoms with Crippen LogP contribution < -0.4 is 9.47 Å². The number of amides is 1. The second-order valence-electron chi connectivity index (χ2n) is 7.75. The Kier molecular flexibility index (Phi) is 6.03. The SMILES string of the molecule is COc1ccc2c(c1OCc1ccccc1)CC(C)N(C(=O)Cc1ccccc1)C2. The van der Waals surface area contributed by atoms with Gasteiger partial charge in [-0.3, -0.25) is 4.79 Å². The Morgan fingerprint density at radius 2 is 1.63 bits per heavy atom. The Bertz CT molecular complexity index is 1000. The van der Waals surface area contributed by atoms with Gasteiger partial charge in [0, 0.05) is 18.2 Å². The van der Waals surface area contributed by atoms with Crippen molar-refractivity contribution in [2.24, 2.45) is 0 Å². The summed E-state index contributed by atoms with van der Waals surface area (Å²) in [5, 5.41) is 0. The molecule has 0 radical (unpaired) electrons. The van der Waals surface area contributed by atoms with E-state index in [2.05, 4.69) is 25.1 Å². The van der Waals surface area contributed by atoms with E-state index in [0.29, 0.717) is 19.6 Å². The van der Waals surface area contributed by atoms with Gasteiger partial charge in [-0.1, -0.05) is 66.7 Å². The van der Waals surface area contributed by atoms with Crippen molar-refractivity contribution in [3.05, 3.63) is 95.1 Å². The molecule has 1 aliphatic rings. The molecule has 0 saturated heterocycles. The number of hydrogen-bond acceptors (Lipinski definition) is 3. The number of benzene rings is 3. The maximum atomic E-state index is 13.0. The fourth-order valence-corrected chi connectivity index (χ4v) is 4.02. The number of hydrogen-bond donors (Lipinski definition) is 0. The number of ether oxygens (including phenoxy) is 2. The summed E-state index contributed by atoms with van der Waals surface area (Å²) in [6.45, 7) is 3.18. The molecular weight excluding hydrogens is 374 g/mol. The molecule has 3 aromatic carbocycles. The van der Waals surface area contributed by atoms with E-state index >= 15 is 0 Å². The average Bonchev–Trinajstić information content (AvgIpc) is 2.78. The highest BCUT2D eigenvalue weighted by molar-refractivity contribution is 5.79. The van der Waals surface area contributed by atoms with Crippen LogP contribution in [-0.4, -0.2) is 24.0 Å². The molecule has 0 saturated carbocycles. The fourth-order valence-electron chi connectivity index (χ4n) is 4.02. The summed E-state index contributed by atoms with van der Waals surface area (Å²) in [5.41, 5.74) is 4.42. The summed E-state index contributed by atoms with van der Waals surface area (Å²) < 4.78 is 11.8. The van der Waals surface area contributed by atoms with Crippen LogP contribution in [-0.2, 0) is 30.8 Å². The van der Waals surface area contributed by atoms with E-state index in [4.69, 9.17) is 9.47 Å². The van der Waals surface area contributed by atoms with E-state index in [-0.39, 0.29) is 11.9 Å². The predicted octanol–water partition coefficient (Wildman–Crippen LogP) is 4.79. The molecule has 1 unspecified atom stereocenters. The van der Waals surface area contributed by atoms with Gasteiger partial charge in [0.05, 0.1) is 13.5 Å². The molecule has 1 atom stereocenters. The molecule has 0 N–H and O–H groups in total. The summed E-state index contributed by atoms with van der Waals surface area (Å²) in [6.07, 6.45) is 1.17. The van der Waals surface area contributed by atoms with Crippen molar-refractivity contribution in [2.45, 2.75) is 39.0 Å². The highest BCUT2D eigenvalue weighted by atomic mass is 16.5. The summed E-state index contributed by atoms with van der Waals surface area (Å²) in [7, 11) is 1.67. The summed E-state index contributed by atoms with van der Waals surface area (Å²) >= 11 is 0. The molecule has 4 rings (SSSR count).